The van der Waals surface area contributed by atoms with Crippen molar-refractivity contribution in [2.45, 2.75) is 6.54 Å². The molecule has 156 valence electrons. The van der Waals surface area contributed by atoms with Gasteiger partial charge in [-0.25, -0.2) is 0 Å². The number of halogens is 1. The summed E-state index contributed by atoms with van der Waals surface area (Å²) in [5.41, 5.74) is 1.81. The molecule has 0 radical (unpaired) electrons. The number of benzene rings is 2. The van der Waals surface area contributed by atoms with Gasteiger partial charge >= 0.3 is 0 Å². The van der Waals surface area contributed by atoms with E-state index in [2.05, 4.69) is 26.1 Å². The second-order valence-corrected chi connectivity index (χ2v) is 8.46. The van der Waals surface area contributed by atoms with Crippen molar-refractivity contribution >= 4 is 51.1 Å². The van der Waals surface area contributed by atoms with Crippen molar-refractivity contribution in [1.29, 1.82) is 0 Å². The smallest absolute Gasteiger partial charge is 0.267 e. The number of amidine groups is 1. The van der Waals surface area contributed by atoms with E-state index in [-0.39, 0.29) is 12.5 Å². The van der Waals surface area contributed by atoms with E-state index in [4.69, 9.17) is 9.15 Å². The van der Waals surface area contributed by atoms with Gasteiger partial charge in [-0.3, -0.25) is 9.69 Å². The lowest BCUT2D eigenvalue weighted by Crippen LogP contribution is -2.28. The monoisotopic (exact) mass is 495 g/mol. The van der Waals surface area contributed by atoms with Crippen LogP contribution in [0.15, 0.2) is 90.9 Å². The molecule has 0 unspecified atom stereocenters. The third-order valence-corrected chi connectivity index (χ3v) is 5.94. The van der Waals surface area contributed by atoms with Gasteiger partial charge in [-0.1, -0.05) is 40.2 Å². The fourth-order valence-electron chi connectivity index (χ4n) is 2.83. The van der Waals surface area contributed by atoms with Crippen LogP contribution in [0.1, 0.15) is 16.9 Å². The summed E-state index contributed by atoms with van der Waals surface area (Å²) in [6.07, 6.45) is 5.07. The first-order valence-electron chi connectivity index (χ1n) is 9.37. The molecule has 4 rings (SSSR count). The Labute approximate surface area is 192 Å². The van der Waals surface area contributed by atoms with Crippen molar-refractivity contribution in [3.05, 3.63) is 93.2 Å². The van der Waals surface area contributed by atoms with Crippen molar-refractivity contribution in [3.8, 4) is 5.75 Å². The second kappa shape index (κ2) is 9.80. The Morgan fingerprint density at radius 2 is 1.84 bits per heavy atom. The maximum absolute atomic E-state index is 13.1. The SMILES string of the molecule is COc1ccc(/C=C2\S/C(=N\N=C\c3ccc(Br)cc3)N(Cc3ccco3)C2=O)cc1. The van der Waals surface area contributed by atoms with Crippen LogP contribution in [0.2, 0.25) is 0 Å². The molecule has 8 heteroatoms. The molecule has 1 aromatic heterocycles. The van der Waals surface area contributed by atoms with E-state index in [1.165, 1.54) is 11.8 Å². The molecule has 2 heterocycles. The highest BCUT2D eigenvalue weighted by Gasteiger charge is 2.34. The molecule has 1 saturated heterocycles. The first-order chi connectivity index (χ1) is 15.1. The molecule has 0 spiro atoms. The Hall–Kier alpha value is -3.10. The van der Waals surface area contributed by atoms with E-state index in [1.807, 2.05) is 60.7 Å². The molecule has 0 saturated carbocycles. The second-order valence-electron chi connectivity index (χ2n) is 6.53. The highest BCUT2D eigenvalue weighted by Crippen LogP contribution is 2.34. The van der Waals surface area contributed by atoms with Gasteiger partial charge in [-0.2, -0.15) is 5.10 Å². The van der Waals surface area contributed by atoms with Gasteiger partial charge in [0.1, 0.15) is 11.5 Å². The van der Waals surface area contributed by atoms with Crippen LogP contribution < -0.4 is 4.74 Å². The van der Waals surface area contributed by atoms with Gasteiger partial charge in [0, 0.05) is 4.47 Å². The van der Waals surface area contributed by atoms with Crippen LogP contribution in [0, 0.1) is 0 Å². The van der Waals surface area contributed by atoms with Crippen molar-refractivity contribution in [3.63, 3.8) is 0 Å². The van der Waals surface area contributed by atoms with E-state index >= 15 is 0 Å². The number of carbonyl (C=O) groups excluding carboxylic acids is 1. The number of amides is 1. The van der Waals surface area contributed by atoms with E-state index in [9.17, 15) is 4.79 Å². The molecule has 1 aliphatic rings. The minimum Gasteiger partial charge on any atom is -0.497 e. The molecule has 31 heavy (non-hydrogen) atoms. The van der Waals surface area contributed by atoms with Gasteiger partial charge in [0.15, 0.2) is 5.17 Å². The van der Waals surface area contributed by atoms with Crippen LogP contribution in [0.4, 0.5) is 0 Å². The minimum absolute atomic E-state index is 0.144. The zero-order valence-corrected chi connectivity index (χ0v) is 19.0. The quantitative estimate of drug-likeness (QED) is 0.255. The molecular weight excluding hydrogens is 478 g/mol. The number of methoxy groups -OCH3 is 1. The Bertz CT molecular complexity index is 1140. The van der Waals surface area contributed by atoms with Crippen molar-refractivity contribution in [2.24, 2.45) is 10.2 Å². The molecule has 1 fully saturated rings. The molecule has 1 aliphatic heterocycles. The summed E-state index contributed by atoms with van der Waals surface area (Å²) in [6.45, 7) is 0.283. The number of furan rings is 1. The maximum Gasteiger partial charge on any atom is 0.267 e. The summed E-state index contributed by atoms with van der Waals surface area (Å²) in [5.74, 6) is 1.29. The fourth-order valence-corrected chi connectivity index (χ4v) is 4.02. The van der Waals surface area contributed by atoms with Crippen LogP contribution >= 0.6 is 27.7 Å². The normalized spacial score (nSPS) is 16.7. The Balaban J connectivity index is 1.59. The molecule has 2 aromatic carbocycles. The fraction of sp³-hybridized carbons (Fsp3) is 0.0870. The molecule has 6 nitrogen and oxygen atoms in total. The largest absolute Gasteiger partial charge is 0.497 e. The summed E-state index contributed by atoms with van der Waals surface area (Å²) in [5, 5.41) is 9.00. The van der Waals surface area contributed by atoms with Crippen LogP contribution in [-0.2, 0) is 11.3 Å². The predicted octanol–water partition coefficient (Wildman–Crippen LogP) is 5.56. The molecule has 0 N–H and O–H groups in total. The van der Waals surface area contributed by atoms with Crippen molar-refractivity contribution in [1.82, 2.24) is 4.90 Å². The van der Waals surface area contributed by atoms with Crippen LogP contribution in [0.25, 0.3) is 6.08 Å². The Kier molecular flexibility index (Phi) is 6.69. The van der Waals surface area contributed by atoms with Gasteiger partial charge in [-0.05, 0) is 65.4 Å². The maximum atomic E-state index is 13.1. The standard InChI is InChI=1S/C23H18BrN3O3S/c1-29-19-10-6-16(7-11-19)13-21-22(28)27(15-20-3-2-12-30-20)23(31-21)26-25-14-17-4-8-18(24)9-5-17/h2-14H,15H2,1H3/b21-13-,25-14+,26-23-. The number of ether oxygens (including phenoxy) is 1. The molecule has 0 atom stereocenters. The third kappa shape index (κ3) is 5.34. The number of hydrogen-bond acceptors (Lipinski definition) is 6. The lowest BCUT2D eigenvalue weighted by Gasteiger charge is -2.12. The zero-order chi connectivity index (χ0) is 21.6. The van der Waals surface area contributed by atoms with E-state index in [0.29, 0.717) is 15.8 Å². The van der Waals surface area contributed by atoms with E-state index in [0.717, 1.165) is 21.3 Å². The van der Waals surface area contributed by atoms with Crippen LogP contribution in [-0.4, -0.2) is 29.3 Å². The van der Waals surface area contributed by atoms with Gasteiger partial charge in [0.25, 0.3) is 5.91 Å². The molecule has 1 amide bonds. The highest BCUT2D eigenvalue weighted by molar-refractivity contribution is 9.10. The van der Waals surface area contributed by atoms with Crippen molar-refractivity contribution in [2.75, 3.05) is 7.11 Å². The van der Waals surface area contributed by atoms with E-state index < -0.39 is 0 Å². The summed E-state index contributed by atoms with van der Waals surface area (Å²) >= 11 is 4.69. The predicted molar refractivity (Wildman–Crippen MR) is 127 cm³/mol. The minimum atomic E-state index is -0.144. The number of rotatable bonds is 6. The first kappa shape index (κ1) is 21.1. The van der Waals surface area contributed by atoms with Gasteiger partial charge < -0.3 is 9.15 Å². The zero-order valence-electron chi connectivity index (χ0n) is 16.6. The molecular formula is C23H18BrN3O3S. The van der Waals surface area contributed by atoms with E-state index in [1.54, 1.807) is 30.6 Å². The average Bonchev–Trinajstić information content (AvgIpc) is 3.40. The summed E-state index contributed by atoms with van der Waals surface area (Å²) in [6, 6.07) is 18.8. The number of carbonyl (C=O) groups is 1. The number of hydrogen-bond donors (Lipinski definition) is 0. The summed E-state index contributed by atoms with van der Waals surface area (Å²) in [7, 11) is 1.62. The van der Waals surface area contributed by atoms with Crippen LogP contribution in [0.5, 0.6) is 5.75 Å². The van der Waals surface area contributed by atoms with Gasteiger partial charge in [-0.15, -0.1) is 5.10 Å². The molecule has 3 aromatic rings. The topological polar surface area (TPSA) is 67.4 Å². The molecule has 0 aliphatic carbocycles. The first-order valence-corrected chi connectivity index (χ1v) is 11.0. The van der Waals surface area contributed by atoms with Crippen molar-refractivity contribution < 1.29 is 13.9 Å². The third-order valence-electron chi connectivity index (χ3n) is 4.42. The number of nitrogens with zero attached hydrogens (tertiary/aromatic N) is 3. The number of thioether (sulfide) groups is 1. The Morgan fingerprint density at radius 3 is 2.52 bits per heavy atom. The lowest BCUT2D eigenvalue weighted by atomic mass is 10.2. The summed E-state index contributed by atoms with van der Waals surface area (Å²) in [4.78, 5) is 15.2. The van der Waals surface area contributed by atoms with Gasteiger partial charge in [0.05, 0.1) is 31.0 Å². The highest BCUT2D eigenvalue weighted by atomic mass is 79.9. The van der Waals surface area contributed by atoms with Crippen LogP contribution in [0.3, 0.4) is 0 Å². The molecule has 0 bridgehead atoms. The average molecular weight is 496 g/mol. The van der Waals surface area contributed by atoms with Gasteiger partial charge in [0.2, 0.25) is 0 Å². The Morgan fingerprint density at radius 1 is 1.10 bits per heavy atom. The summed E-state index contributed by atoms with van der Waals surface area (Å²) < 4.78 is 11.6. The lowest BCUT2D eigenvalue weighted by molar-refractivity contribution is -0.122.